The van der Waals surface area contributed by atoms with Gasteiger partial charge in [-0.05, 0) is 43.4 Å². The molecule has 3 heteroatoms. The Balaban J connectivity index is 2.21. The molecule has 0 aromatic carbocycles. The van der Waals surface area contributed by atoms with Gasteiger partial charge in [-0.25, -0.2) is 4.98 Å². The lowest BCUT2D eigenvalue weighted by atomic mass is 9.92. The zero-order valence-corrected chi connectivity index (χ0v) is 11.5. The molecule has 0 bridgehead atoms. The van der Waals surface area contributed by atoms with E-state index in [1.165, 1.54) is 30.5 Å². The highest BCUT2D eigenvalue weighted by Crippen LogP contribution is 2.28. The second kappa shape index (κ2) is 5.72. The molecule has 0 radical (unpaired) electrons. The van der Waals surface area contributed by atoms with E-state index in [0.29, 0.717) is 11.9 Å². The van der Waals surface area contributed by atoms with Crippen molar-refractivity contribution in [3.05, 3.63) is 23.4 Å². The molecule has 0 aliphatic heterocycles. The molecule has 94 valence electrons. The summed E-state index contributed by atoms with van der Waals surface area (Å²) in [7, 11) is 2.15. The molecule has 0 spiro atoms. The third-order valence-corrected chi connectivity index (χ3v) is 3.88. The number of anilines is 1. The van der Waals surface area contributed by atoms with E-state index in [4.69, 9.17) is 16.6 Å². The topological polar surface area (TPSA) is 16.1 Å². The van der Waals surface area contributed by atoms with Crippen molar-refractivity contribution in [2.24, 2.45) is 0 Å². The SMILES string of the molecule is CCCc1cc(CCl)cc(N(C)C2CCC2)n1. The Morgan fingerprint density at radius 2 is 2.18 bits per heavy atom. The number of nitrogens with zero attached hydrogens (tertiary/aromatic N) is 2. The van der Waals surface area contributed by atoms with Gasteiger partial charge in [-0.2, -0.15) is 0 Å². The third-order valence-electron chi connectivity index (χ3n) is 3.57. The minimum absolute atomic E-state index is 0.574. The van der Waals surface area contributed by atoms with Crippen molar-refractivity contribution in [1.82, 2.24) is 4.98 Å². The van der Waals surface area contributed by atoms with Crippen molar-refractivity contribution in [2.75, 3.05) is 11.9 Å². The van der Waals surface area contributed by atoms with E-state index in [0.717, 1.165) is 18.7 Å². The summed E-state index contributed by atoms with van der Waals surface area (Å²) in [6.45, 7) is 2.18. The van der Waals surface area contributed by atoms with Gasteiger partial charge >= 0.3 is 0 Å². The Hall–Kier alpha value is -0.760. The van der Waals surface area contributed by atoms with Crippen LogP contribution >= 0.6 is 11.6 Å². The molecule has 17 heavy (non-hydrogen) atoms. The van der Waals surface area contributed by atoms with Crippen LogP contribution in [0.5, 0.6) is 0 Å². The molecule has 0 saturated heterocycles. The molecular weight excluding hydrogens is 232 g/mol. The molecular formula is C14H21ClN2. The smallest absolute Gasteiger partial charge is 0.129 e. The van der Waals surface area contributed by atoms with E-state index in [9.17, 15) is 0 Å². The van der Waals surface area contributed by atoms with Gasteiger partial charge in [0.2, 0.25) is 0 Å². The molecule has 1 fully saturated rings. The first-order valence-corrected chi connectivity index (χ1v) is 7.06. The van der Waals surface area contributed by atoms with Gasteiger partial charge in [0.1, 0.15) is 5.82 Å². The first kappa shape index (κ1) is 12.7. The van der Waals surface area contributed by atoms with Crippen LogP contribution in [0, 0.1) is 0 Å². The molecule has 1 saturated carbocycles. The highest BCUT2D eigenvalue weighted by molar-refractivity contribution is 6.17. The lowest BCUT2D eigenvalue weighted by Crippen LogP contribution is -2.37. The Bertz CT molecular complexity index is 374. The number of pyridine rings is 1. The van der Waals surface area contributed by atoms with E-state index in [2.05, 4.69) is 31.0 Å². The van der Waals surface area contributed by atoms with Crippen molar-refractivity contribution in [3.63, 3.8) is 0 Å². The van der Waals surface area contributed by atoms with Crippen LogP contribution < -0.4 is 4.90 Å². The van der Waals surface area contributed by atoms with Crippen LogP contribution in [0.2, 0.25) is 0 Å². The molecule has 0 amide bonds. The first-order valence-electron chi connectivity index (χ1n) is 6.53. The van der Waals surface area contributed by atoms with E-state index < -0.39 is 0 Å². The highest BCUT2D eigenvalue weighted by atomic mass is 35.5. The maximum atomic E-state index is 5.96. The Morgan fingerprint density at radius 1 is 1.41 bits per heavy atom. The van der Waals surface area contributed by atoms with Crippen LogP contribution in [-0.2, 0) is 12.3 Å². The molecule has 1 aliphatic rings. The standard InChI is InChI=1S/C14H21ClN2/c1-3-5-12-8-11(10-15)9-14(16-12)17(2)13-6-4-7-13/h8-9,13H,3-7,10H2,1-2H3. The highest BCUT2D eigenvalue weighted by Gasteiger charge is 2.23. The zero-order chi connectivity index (χ0) is 12.3. The van der Waals surface area contributed by atoms with Crippen molar-refractivity contribution in [2.45, 2.75) is 50.9 Å². The summed E-state index contributed by atoms with van der Waals surface area (Å²) in [6.07, 6.45) is 6.12. The molecule has 0 unspecified atom stereocenters. The van der Waals surface area contributed by atoms with Crippen LogP contribution in [0.3, 0.4) is 0 Å². The number of rotatable bonds is 5. The number of halogens is 1. The van der Waals surface area contributed by atoms with Crippen LogP contribution in [0.25, 0.3) is 0 Å². The monoisotopic (exact) mass is 252 g/mol. The Morgan fingerprint density at radius 3 is 2.71 bits per heavy atom. The summed E-state index contributed by atoms with van der Waals surface area (Å²) >= 11 is 5.96. The van der Waals surface area contributed by atoms with E-state index in [1.807, 2.05) is 0 Å². The molecule has 1 aromatic heterocycles. The molecule has 0 N–H and O–H groups in total. The van der Waals surface area contributed by atoms with Crippen molar-refractivity contribution in [3.8, 4) is 0 Å². The average Bonchev–Trinajstić information content (AvgIpc) is 2.26. The van der Waals surface area contributed by atoms with Gasteiger partial charge in [0, 0.05) is 24.7 Å². The number of alkyl halides is 1. The maximum absolute atomic E-state index is 5.96. The number of aromatic nitrogens is 1. The first-order chi connectivity index (χ1) is 8.24. The van der Waals surface area contributed by atoms with E-state index in [-0.39, 0.29) is 0 Å². The molecule has 0 atom stereocenters. The van der Waals surface area contributed by atoms with E-state index in [1.54, 1.807) is 0 Å². The van der Waals surface area contributed by atoms with Crippen LogP contribution in [-0.4, -0.2) is 18.1 Å². The summed E-state index contributed by atoms with van der Waals surface area (Å²) in [5, 5.41) is 0. The van der Waals surface area contributed by atoms with Crippen molar-refractivity contribution >= 4 is 17.4 Å². The normalized spacial score (nSPS) is 15.7. The molecule has 2 nitrogen and oxygen atoms in total. The Labute approximate surface area is 109 Å². The fourth-order valence-electron chi connectivity index (χ4n) is 2.24. The van der Waals surface area contributed by atoms with Crippen molar-refractivity contribution < 1.29 is 0 Å². The van der Waals surface area contributed by atoms with Crippen molar-refractivity contribution in [1.29, 1.82) is 0 Å². The summed E-state index contributed by atoms with van der Waals surface area (Å²) < 4.78 is 0. The van der Waals surface area contributed by atoms with Gasteiger partial charge in [-0.15, -0.1) is 11.6 Å². The minimum Gasteiger partial charge on any atom is -0.357 e. The zero-order valence-electron chi connectivity index (χ0n) is 10.7. The number of hydrogen-bond acceptors (Lipinski definition) is 2. The van der Waals surface area contributed by atoms with Gasteiger partial charge in [-0.3, -0.25) is 0 Å². The lowest BCUT2D eigenvalue weighted by molar-refractivity contribution is 0.399. The van der Waals surface area contributed by atoms with Crippen LogP contribution in [0.1, 0.15) is 43.9 Å². The van der Waals surface area contributed by atoms with E-state index >= 15 is 0 Å². The largest absolute Gasteiger partial charge is 0.357 e. The average molecular weight is 253 g/mol. The Kier molecular flexibility index (Phi) is 4.27. The van der Waals surface area contributed by atoms with Gasteiger partial charge in [-0.1, -0.05) is 13.3 Å². The van der Waals surface area contributed by atoms with Gasteiger partial charge in [0.15, 0.2) is 0 Å². The third kappa shape index (κ3) is 2.92. The summed E-state index contributed by atoms with van der Waals surface area (Å²) in [6, 6.07) is 4.95. The molecule has 1 aliphatic carbocycles. The predicted molar refractivity (Wildman–Crippen MR) is 73.8 cm³/mol. The second-order valence-electron chi connectivity index (χ2n) is 4.90. The fourth-order valence-corrected chi connectivity index (χ4v) is 2.39. The summed E-state index contributed by atoms with van der Waals surface area (Å²) in [4.78, 5) is 7.06. The summed E-state index contributed by atoms with van der Waals surface area (Å²) in [5.41, 5.74) is 2.36. The lowest BCUT2D eigenvalue weighted by Gasteiger charge is -2.35. The van der Waals surface area contributed by atoms with Crippen LogP contribution in [0.4, 0.5) is 5.82 Å². The molecule has 2 rings (SSSR count). The van der Waals surface area contributed by atoms with Gasteiger partial charge in [0.05, 0.1) is 0 Å². The minimum atomic E-state index is 0.574. The quantitative estimate of drug-likeness (QED) is 0.742. The molecule has 1 aromatic rings. The predicted octanol–water partition coefficient (Wildman–Crippen LogP) is 3.76. The number of aryl methyl sites for hydroxylation is 1. The molecule has 1 heterocycles. The summed E-state index contributed by atoms with van der Waals surface area (Å²) in [5.74, 6) is 1.67. The fraction of sp³-hybridized carbons (Fsp3) is 0.643. The maximum Gasteiger partial charge on any atom is 0.129 e. The van der Waals surface area contributed by atoms with Crippen LogP contribution in [0.15, 0.2) is 12.1 Å². The van der Waals surface area contributed by atoms with Gasteiger partial charge in [0.25, 0.3) is 0 Å². The van der Waals surface area contributed by atoms with Gasteiger partial charge < -0.3 is 4.90 Å². The second-order valence-corrected chi connectivity index (χ2v) is 5.17. The number of hydrogen-bond donors (Lipinski definition) is 0.